The number of hydrogen-bond acceptors (Lipinski definition) is 3. The van der Waals surface area contributed by atoms with E-state index in [2.05, 4.69) is 15.3 Å². The Bertz CT molecular complexity index is 789. The molecule has 1 aliphatic rings. The molecular weight excluding hydrogens is 267 g/mol. The molecule has 0 amide bonds. The molecule has 4 rings (SSSR count). The number of nitrogens with zero attached hydrogens (tertiary/aromatic N) is 3. The number of benzene rings is 1. The minimum absolute atomic E-state index is 0.257. The van der Waals surface area contributed by atoms with Crippen LogP contribution >= 0.6 is 0 Å². The Morgan fingerprint density at radius 2 is 2.05 bits per heavy atom. The van der Waals surface area contributed by atoms with Gasteiger partial charge in [-0.15, -0.1) is 0 Å². The number of imidazole rings is 1. The van der Waals surface area contributed by atoms with E-state index in [0.29, 0.717) is 6.04 Å². The van der Waals surface area contributed by atoms with Crippen LogP contribution in [0.3, 0.4) is 0 Å². The third-order valence-corrected chi connectivity index (χ3v) is 4.23. The van der Waals surface area contributed by atoms with Gasteiger partial charge in [0, 0.05) is 24.5 Å². The first-order chi connectivity index (χ1) is 10.3. The fourth-order valence-electron chi connectivity index (χ4n) is 3.16. The summed E-state index contributed by atoms with van der Waals surface area (Å²) in [5.41, 5.74) is 2.29. The highest BCUT2D eigenvalue weighted by molar-refractivity contribution is 5.82. The monoisotopic (exact) mass is 284 g/mol. The lowest BCUT2D eigenvalue weighted by Gasteiger charge is -2.23. The van der Waals surface area contributed by atoms with Crippen molar-refractivity contribution in [2.75, 3.05) is 5.32 Å². The molecule has 0 bridgehead atoms. The average Bonchev–Trinajstić information content (AvgIpc) is 2.99. The summed E-state index contributed by atoms with van der Waals surface area (Å²) in [6.45, 7) is 0. The molecule has 21 heavy (non-hydrogen) atoms. The summed E-state index contributed by atoms with van der Waals surface area (Å²) < 4.78 is 15.4. The van der Waals surface area contributed by atoms with Crippen molar-refractivity contribution in [3.8, 4) is 0 Å². The van der Waals surface area contributed by atoms with Gasteiger partial charge in [-0.3, -0.25) is 4.40 Å². The van der Waals surface area contributed by atoms with Crippen molar-refractivity contribution in [3.05, 3.63) is 36.4 Å². The Morgan fingerprint density at radius 3 is 2.90 bits per heavy atom. The fourth-order valence-corrected chi connectivity index (χ4v) is 3.16. The van der Waals surface area contributed by atoms with Crippen LogP contribution < -0.4 is 5.32 Å². The summed E-state index contributed by atoms with van der Waals surface area (Å²) in [6, 6.07) is 5.13. The first kappa shape index (κ1) is 12.6. The van der Waals surface area contributed by atoms with Crippen LogP contribution in [0.4, 0.5) is 10.2 Å². The van der Waals surface area contributed by atoms with Crippen LogP contribution in [-0.2, 0) is 0 Å². The summed E-state index contributed by atoms with van der Waals surface area (Å²) >= 11 is 0. The zero-order valence-corrected chi connectivity index (χ0v) is 11.7. The van der Waals surface area contributed by atoms with Gasteiger partial charge in [-0.25, -0.2) is 14.4 Å². The predicted molar refractivity (Wildman–Crippen MR) is 80.9 cm³/mol. The molecule has 2 aromatic heterocycles. The second kappa shape index (κ2) is 4.98. The van der Waals surface area contributed by atoms with Crippen molar-refractivity contribution in [1.82, 2.24) is 14.4 Å². The summed E-state index contributed by atoms with van der Waals surface area (Å²) in [7, 11) is 0. The van der Waals surface area contributed by atoms with E-state index < -0.39 is 0 Å². The van der Waals surface area contributed by atoms with Gasteiger partial charge in [-0.05, 0) is 25.0 Å². The summed E-state index contributed by atoms with van der Waals surface area (Å²) in [5.74, 6) is 0.540. The summed E-state index contributed by atoms with van der Waals surface area (Å²) in [4.78, 5) is 9.03. The Balaban J connectivity index is 1.83. The molecule has 1 N–H and O–H groups in total. The largest absolute Gasteiger partial charge is 0.364 e. The van der Waals surface area contributed by atoms with Crippen LogP contribution in [0, 0.1) is 5.82 Å². The second-order valence-electron chi connectivity index (χ2n) is 5.69. The number of anilines is 1. The molecule has 1 saturated carbocycles. The van der Waals surface area contributed by atoms with Gasteiger partial charge >= 0.3 is 0 Å². The maximum Gasteiger partial charge on any atom is 0.180 e. The van der Waals surface area contributed by atoms with Crippen LogP contribution in [0.1, 0.15) is 32.1 Å². The van der Waals surface area contributed by atoms with E-state index in [1.54, 1.807) is 12.3 Å². The third-order valence-electron chi connectivity index (χ3n) is 4.23. The molecule has 0 spiro atoms. The SMILES string of the molecule is Fc1ccc2nc(NC3CCCCC3)c3nccn3c2c1. The van der Waals surface area contributed by atoms with Gasteiger partial charge in [0.15, 0.2) is 11.5 Å². The lowest BCUT2D eigenvalue weighted by molar-refractivity contribution is 0.462. The molecule has 5 heteroatoms. The fraction of sp³-hybridized carbons (Fsp3) is 0.375. The third kappa shape index (κ3) is 2.22. The molecule has 4 nitrogen and oxygen atoms in total. The highest BCUT2D eigenvalue weighted by Gasteiger charge is 2.17. The smallest absolute Gasteiger partial charge is 0.180 e. The van der Waals surface area contributed by atoms with E-state index in [-0.39, 0.29) is 5.82 Å². The van der Waals surface area contributed by atoms with Gasteiger partial charge in [0.2, 0.25) is 0 Å². The molecule has 0 aliphatic heterocycles. The first-order valence-corrected chi connectivity index (χ1v) is 7.50. The molecular formula is C16H17FN4. The van der Waals surface area contributed by atoms with Crippen molar-refractivity contribution in [3.63, 3.8) is 0 Å². The van der Waals surface area contributed by atoms with Gasteiger partial charge in [-0.1, -0.05) is 19.3 Å². The summed E-state index contributed by atoms with van der Waals surface area (Å²) in [5, 5.41) is 3.53. The van der Waals surface area contributed by atoms with Crippen LogP contribution in [-0.4, -0.2) is 20.4 Å². The van der Waals surface area contributed by atoms with Gasteiger partial charge in [0.1, 0.15) is 5.82 Å². The zero-order valence-electron chi connectivity index (χ0n) is 11.7. The molecule has 2 heterocycles. The van der Waals surface area contributed by atoms with Crippen LogP contribution in [0.25, 0.3) is 16.7 Å². The standard InChI is InChI=1S/C16H17FN4/c17-11-6-7-13-14(10-11)21-9-8-18-16(21)15(20-13)19-12-4-2-1-3-5-12/h6-10,12H,1-5H2,(H,19,20). The molecule has 108 valence electrons. The maximum atomic E-state index is 13.5. The van der Waals surface area contributed by atoms with Crippen molar-refractivity contribution in [1.29, 1.82) is 0 Å². The number of hydrogen-bond donors (Lipinski definition) is 1. The van der Waals surface area contributed by atoms with Crippen molar-refractivity contribution >= 4 is 22.5 Å². The second-order valence-corrected chi connectivity index (χ2v) is 5.69. The van der Waals surface area contributed by atoms with Crippen molar-refractivity contribution in [2.45, 2.75) is 38.1 Å². The Kier molecular flexibility index (Phi) is 2.98. The average molecular weight is 284 g/mol. The molecule has 0 unspecified atom stereocenters. The lowest BCUT2D eigenvalue weighted by Crippen LogP contribution is -2.23. The summed E-state index contributed by atoms with van der Waals surface area (Å²) in [6.07, 6.45) is 9.79. The number of aromatic nitrogens is 3. The van der Waals surface area contributed by atoms with Gasteiger partial charge < -0.3 is 5.32 Å². The molecule has 0 radical (unpaired) electrons. The highest BCUT2D eigenvalue weighted by Crippen LogP contribution is 2.25. The van der Waals surface area contributed by atoms with Crippen LogP contribution in [0.2, 0.25) is 0 Å². The molecule has 1 aliphatic carbocycles. The molecule has 0 saturated heterocycles. The minimum atomic E-state index is -0.257. The van der Waals surface area contributed by atoms with Crippen LogP contribution in [0.15, 0.2) is 30.6 Å². The number of nitrogens with one attached hydrogen (secondary N) is 1. The van der Waals surface area contributed by atoms with Gasteiger partial charge in [-0.2, -0.15) is 0 Å². The van der Waals surface area contributed by atoms with Crippen molar-refractivity contribution in [2.24, 2.45) is 0 Å². The molecule has 1 aromatic carbocycles. The molecule has 0 atom stereocenters. The topological polar surface area (TPSA) is 42.2 Å². The van der Waals surface area contributed by atoms with E-state index in [9.17, 15) is 4.39 Å². The highest BCUT2D eigenvalue weighted by atomic mass is 19.1. The van der Waals surface area contributed by atoms with E-state index in [1.807, 2.05) is 10.6 Å². The number of halogens is 1. The maximum absolute atomic E-state index is 13.5. The molecule has 1 fully saturated rings. The first-order valence-electron chi connectivity index (χ1n) is 7.50. The minimum Gasteiger partial charge on any atom is -0.364 e. The molecule has 3 aromatic rings. The lowest BCUT2D eigenvalue weighted by atomic mass is 9.95. The van der Waals surface area contributed by atoms with Gasteiger partial charge in [0.05, 0.1) is 11.0 Å². The van der Waals surface area contributed by atoms with E-state index >= 15 is 0 Å². The quantitative estimate of drug-likeness (QED) is 0.779. The number of rotatable bonds is 2. The number of fused-ring (bicyclic) bond motifs is 3. The normalized spacial score (nSPS) is 16.6. The van der Waals surface area contributed by atoms with E-state index in [0.717, 1.165) is 22.5 Å². The Hall–Kier alpha value is -2.17. The predicted octanol–water partition coefficient (Wildman–Crippen LogP) is 3.77. The Morgan fingerprint density at radius 1 is 1.19 bits per heavy atom. The van der Waals surface area contributed by atoms with E-state index in [1.165, 1.54) is 44.2 Å². The van der Waals surface area contributed by atoms with Crippen molar-refractivity contribution < 1.29 is 4.39 Å². The Labute approximate surface area is 122 Å². The van der Waals surface area contributed by atoms with E-state index in [4.69, 9.17) is 0 Å². The van der Waals surface area contributed by atoms with Gasteiger partial charge in [0.25, 0.3) is 0 Å². The zero-order chi connectivity index (χ0) is 14.2. The van der Waals surface area contributed by atoms with Crippen LogP contribution in [0.5, 0.6) is 0 Å².